The Bertz CT molecular complexity index is 865. The molecule has 3 aromatic rings. The van der Waals surface area contributed by atoms with Crippen molar-refractivity contribution in [2.24, 2.45) is 0 Å². The van der Waals surface area contributed by atoms with Crippen LogP contribution in [0, 0.1) is 0 Å². The van der Waals surface area contributed by atoms with Crippen molar-refractivity contribution in [2.45, 2.75) is 38.5 Å². The van der Waals surface area contributed by atoms with Gasteiger partial charge in [-0.15, -0.1) is 0 Å². The average molecular weight is 322 g/mol. The summed E-state index contributed by atoms with van der Waals surface area (Å²) in [6.07, 6.45) is 3.58. The standard InChI is InChI=1S/C21H22O3/c1-2-16(12-8-11-15-9-4-3-5-10-15)19-20(22)17-13-6-7-14-18(17)24-21(19)23/h3-7,9-10,13-14,16,22H,2,8,11-12H2,1H3. The van der Waals surface area contributed by atoms with Gasteiger partial charge in [-0.3, -0.25) is 0 Å². The van der Waals surface area contributed by atoms with Crippen LogP contribution in [0.3, 0.4) is 0 Å². The van der Waals surface area contributed by atoms with Crippen molar-refractivity contribution >= 4 is 11.0 Å². The summed E-state index contributed by atoms with van der Waals surface area (Å²) in [7, 11) is 0. The number of hydrogen-bond acceptors (Lipinski definition) is 3. The van der Waals surface area contributed by atoms with Crippen molar-refractivity contribution in [3.63, 3.8) is 0 Å². The van der Waals surface area contributed by atoms with E-state index >= 15 is 0 Å². The largest absolute Gasteiger partial charge is 0.507 e. The first-order valence-corrected chi connectivity index (χ1v) is 8.49. The molecule has 1 aromatic heterocycles. The Morgan fingerprint density at radius 2 is 1.75 bits per heavy atom. The monoisotopic (exact) mass is 322 g/mol. The lowest BCUT2D eigenvalue weighted by Crippen LogP contribution is -2.13. The van der Waals surface area contributed by atoms with E-state index in [1.807, 2.05) is 31.2 Å². The molecule has 3 nitrogen and oxygen atoms in total. The van der Waals surface area contributed by atoms with Crippen LogP contribution >= 0.6 is 0 Å². The molecule has 0 radical (unpaired) electrons. The van der Waals surface area contributed by atoms with Crippen LogP contribution in [0.15, 0.2) is 63.8 Å². The van der Waals surface area contributed by atoms with Gasteiger partial charge in [0.25, 0.3) is 0 Å². The van der Waals surface area contributed by atoms with E-state index in [0.29, 0.717) is 16.5 Å². The smallest absolute Gasteiger partial charge is 0.343 e. The molecule has 0 aliphatic carbocycles. The van der Waals surface area contributed by atoms with Crippen molar-refractivity contribution in [1.29, 1.82) is 0 Å². The van der Waals surface area contributed by atoms with E-state index in [1.165, 1.54) is 5.56 Å². The Balaban J connectivity index is 1.83. The van der Waals surface area contributed by atoms with Crippen molar-refractivity contribution in [3.8, 4) is 5.75 Å². The molecule has 0 bridgehead atoms. The van der Waals surface area contributed by atoms with Crippen LogP contribution in [0.5, 0.6) is 5.75 Å². The second-order valence-electron chi connectivity index (χ2n) is 6.13. The van der Waals surface area contributed by atoms with Gasteiger partial charge >= 0.3 is 5.63 Å². The number of fused-ring (bicyclic) bond motifs is 1. The van der Waals surface area contributed by atoms with Gasteiger partial charge in [-0.2, -0.15) is 0 Å². The molecule has 24 heavy (non-hydrogen) atoms. The maximum absolute atomic E-state index is 12.4. The zero-order valence-electron chi connectivity index (χ0n) is 13.9. The molecule has 0 aliphatic rings. The summed E-state index contributed by atoms with van der Waals surface area (Å²) in [5, 5.41) is 11.2. The van der Waals surface area contributed by atoms with Gasteiger partial charge in [0.15, 0.2) is 0 Å². The molecular formula is C21H22O3. The highest BCUT2D eigenvalue weighted by Crippen LogP contribution is 2.34. The predicted molar refractivity (Wildman–Crippen MR) is 96.6 cm³/mol. The van der Waals surface area contributed by atoms with Gasteiger partial charge in [0, 0.05) is 0 Å². The summed E-state index contributed by atoms with van der Waals surface area (Å²) < 4.78 is 5.41. The minimum absolute atomic E-state index is 0.00886. The van der Waals surface area contributed by atoms with E-state index in [2.05, 4.69) is 12.1 Å². The number of para-hydroxylation sites is 1. The topological polar surface area (TPSA) is 50.4 Å². The van der Waals surface area contributed by atoms with Crippen LogP contribution in [-0.4, -0.2) is 5.11 Å². The van der Waals surface area contributed by atoms with Crippen LogP contribution in [0.1, 0.15) is 43.2 Å². The molecule has 124 valence electrons. The van der Waals surface area contributed by atoms with Gasteiger partial charge in [0.1, 0.15) is 11.3 Å². The maximum Gasteiger partial charge on any atom is 0.343 e. The molecular weight excluding hydrogens is 300 g/mol. The van der Waals surface area contributed by atoms with Crippen molar-refractivity contribution in [2.75, 3.05) is 0 Å². The van der Waals surface area contributed by atoms with Crippen molar-refractivity contribution in [1.82, 2.24) is 0 Å². The molecule has 0 amide bonds. The summed E-state index contributed by atoms with van der Waals surface area (Å²) in [5.74, 6) is 0.0861. The van der Waals surface area contributed by atoms with E-state index in [1.54, 1.807) is 18.2 Å². The number of benzene rings is 2. The Morgan fingerprint density at radius 3 is 2.50 bits per heavy atom. The predicted octanol–water partition coefficient (Wildman–Crippen LogP) is 5.02. The molecule has 1 unspecified atom stereocenters. The molecule has 1 heterocycles. The Morgan fingerprint density at radius 1 is 1.04 bits per heavy atom. The fraction of sp³-hybridized carbons (Fsp3) is 0.286. The Kier molecular flexibility index (Phi) is 4.99. The van der Waals surface area contributed by atoms with Gasteiger partial charge in [-0.1, -0.05) is 49.4 Å². The van der Waals surface area contributed by atoms with E-state index in [9.17, 15) is 9.90 Å². The van der Waals surface area contributed by atoms with E-state index in [4.69, 9.17) is 4.42 Å². The SMILES string of the molecule is CCC(CCCc1ccccc1)c1c(O)c2ccccc2oc1=O. The van der Waals surface area contributed by atoms with Crippen molar-refractivity contribution in [3.05, 3.63) is 76.1 Å². The van der Waals surface area contributed by atoms with Gasteiger partial charge in [-0.05, 0) is 49.3 Å². The highest BCUT2D eigenvalue weighted by molar-refractivity contribution is 5.84. The minimum Gasteiger partial charge on any atom is -0.507 e. The normalized spacial score (nSPS) is 12.4. The van der Waals surface area contributed by atoms with E-state index < -0.39 is 5.63 Å². The lowest BCUT2D eigenvalue weighted by atomic mass is 9.90. The van der Waals surface area contributed by atoms with Crippen LogP contribution in [-0.2, 0) is 6.42 Å². The summed E-state index contributed by atoms with van der Waals surface area (Å²) in [5.41, 5.74) is 1.73. The van der Waals surface area contributed by atoms with Crippen LogP contribution < -0.4 is 5.63 Å². The number of hydrogen-bond donors (Lipinski definition) is 1. The molecule has 3 heteroatoms. The van der Waals surface area contributed by atoms with Crippen LogP contribution in [0.4, 0.5) is 0 Å². The van der Waals surface area contributed by atoms with Crippen LogP contribution in [0.25, 0.3) is 11.0 Å². The van der Waals surface area contributed by atoms with Gasteiger partial charge in [0.2, 0.25) is 0 Å². The summed E-state index contributed by atoms with van der Waals surface area (Å²) in [4.78, 5) is 12.4. The average Bonchev–Trinajstić information content (AvgIpc) is 2.61. The molecule has 1 N–H and O–H groups in total. The first kappa shape index (κ1) is 16.3. The second kappa shape index (κ2) is 7.35. The second-order valence-corrected chi connectivity index (χ2v) is 6.13. The third-order valence-corrected chi connectivity index (χ3v) is 4.58. The molecule has 0 saturated heterocycles. The zero-order valence-corrected chi connectivity index (χ0v) is 13.9. The fourth-order valence-electron chi connectivity index (χ4n) is 3.26. The highest BCUT2D eigenvalue weighted by atomic mass is 16.4. The number of rotatable bonds is 6. The molecule has 0 spiro atoms. The summed E-state index contributed by atoms with van der Waals surface area (Å²) in [6, 6.07) is 17.4. The molecule has 0 aliphatic heterocycles. The lowest BCUT2D eigenvalue weighted by Gasteiger charge is -2.16. The Labute approximate surface area is 141 Å². The zero-order chi connectivity index (χ0) is 16.9. The van der Waals surface area contributed by atoms with E-state index in [-0.39, 0.29) is 11.7 Å². The fourth-order valence-corrected chi connectivity index (χ4v) is 3.26. The van der Waals surface area contributed by atoms with Crippen molar-refractivity contribution < 1.29 is 9.52 Å². The van der Waals surface area contributed by atoms with E-state index in [0.717, 1.165) is 25.7 Å². The molecule has 2 aromatic carbocycles. The summed E-state index contributed by atoms with van der Waals surface area (Å²) >= 11 is 0. The lowest BCUT2D eigenvalue weighted by molar-refractivity contribution is 0.435. The van der Waals surface area contributed by atoms with Gasteiger partial charge in [-0.25, -0.2) is 4.79 Å². The first-order valence-electron chi connectivity index (χ1n) is 8.49. The quantitative estimate of drug-likeness (QED) is 0.649. The van der Waals surface area contributed by atoms with Gasteiger partial charge < -0.3 is 9.52 Å². The Hall–Kier alpha value is -2.55. The first-order chi connectivity index (χ1) is 11.7. The molecule has 0 saturated carbocycles. The molecule has 1 atom stereocenters. The molecule has 0 fully saturated rings. The maximum atomic E-state index is 12.4. The third-order valence-electron chi connectivity index (χ3n) is 4.58. The summed E-state index contributed by atoms with van der Waals surface area (Å²) in [6.45, 7) is 2.04. The highest BCUT2D eigenvalue weighted by Gasteiger charge is 2.21. The third kappa shape index (κ3) is 3.35. The van der Waals surface area contributed by atoms with Gasteiger partial charge in [0.05, 0.1) is 10.9 Å². The minimum atomic E-state index is -0.419. The number of aryl methyl sites for hydroxylation is 1. The molecule has 3 rings (SSSR count). The number of aromatic hydroxyl groups is 1. The van der Waals surface area contributed by atoms with Crippen LogP contribution in [0.2, 0.25) is 0 Å².